The van der Waals surface area contributed by atoms with Crippen LogP contribution >= 0.6 is 0 Å². The first-order chi connectivity index (χ1) is 14.7. The number of aliphatic imine (C=N–C) groups is 1. The van der Waals surface area contributed by atoms with E-state index in [1.54, 1.807) is 0 Å². The van der Waals surface area contributed by atoms with Crippen LogP contribution in [0.15, 0.2) is 23.2 Å². The highest BCUT2D eigenvalue weighted by atomic mass is 16.6. The van der Waals surface area contributed by atoms with Gasteiger partial charge in [0.2, 0.25) is 0 Å². The van der Waals surface area contributed by atoms with Gasteiger partial charge in [-0.1, -0.05) is 18.9 Å². The Morgan fingerprint density at radius 3 is 2.50 bits per heavy atom. The Bertz CT molecular complexity index is 740. The molecule has 0 spiro atoms. The summed E-state index contributed by atoms with van der Waals surface area (Å²) in [4.78, 5) is 4.44. The van der Waals surface area contributed by atoms with E-state index in [1.807, 2.05) is 7.05 Å². The molecule has 0 amide bonds. The summed E-state index contributed by atoms with van der Waals surface area (Å²) in [5.74, 6) is 2.51. The topological polar surface area (TPSA) is 84.3 Å². The average molecular weight is 418 g/mol. The van der Waals surface area contributed by atoms with Crippen LogP contribution in [0.1, 0.15) is 44.1 Å². The molecule has 2 heterocycles. The third-order valence-corrected chi connectivity index (χ3v) is 6.99. The van der Waals surface area contributed by atoms with Gasteiger partial charge in [0.15, 0.2) is 17.5 Å². The van der Waals surface area contributed by atoms with Crippen molar-refractivity contribution in [3.63, 3.8) is 0 Å². The van der Waals surface area contributed by atoms with Gasteiger partial charge in [-0.05, 0) is 43.4 Å². The maximum atomic E-state index is 9.46. The normalized spacial score (nSPS) is 25.3. The molecule has 2 aliphatic heterocycles. The van der Waals surface area contributed by atoms with Crippen molar-refractivity contribution in [3.05, 3.63) is 23.8 Å². The monoisotopic (exact) mass is 417 g/mol. The molecule has 1 aromatic carbocycles. The molecule has 1 saturated carbocycles. The fourth-order valence-electron chi connectivity index (χ4n) is 5.05. The summed E-state index contributed by atoms with van der Waals surface area (Å²) in [7, 11) is 1.81. The Labute approximate surface area is 179 Å². The lowest BCUT2D eigenvalue weighted by atomic mass is 9.78. The average Bonchev–Trinajstić information content (AvgIpc) is 3.45. The second-order valence-electron chi connectivity index (χ2n) is 8.90. The number of benzene rings is 1. The highest BCUT2D eigenvalue weighted by molar-refractivity contribution is 5.79. The summed E-state index contributed by atoms with van der Waals surface area (Å²) in [6, 6.07) is 6.42. The van der Waals surface area contributed by atoms with Crippen LogP contribution < -0.4 is 20.1 Å². The molecular weight excluding hydrogens is 382 g/mol. The molecule has 0 radical (unpaired) electrons. The van der Waals surface area contributed by atoms with Crippen molar-refractivity contribution in [2.75, 3.05) is 53.2 Å². The van der Waals surface area contributed by atoms with Crippen molar-refractivity contribution in [1.29, 1.82) is 0 Å². The number of hydrogen-bond acceptors (Lipinski definition) is 5. The molecule has 0 bridgehead atoms. The van der Waals surface area contributed by atoms with Crippen LogP contribution in [0.5, 0.6) is 11.5 Å². The van der Waals surface area contributed by atoms with Gasteiger partial charge >= 0.3 is 0 Å². The van der Waals surface area contributed by atoms with Crippen molar-refractivity contribution in [2.24, 2.45) is 10.4 Å². The minimum Gasteiger partial charge on any atom is -0.486 e. The molecule has 1 saturated heterocycles. The van der Waals surface area contributed by atoms with Gasteiger partial charge in [-0.15, -0.1) is 0 Å². The number of fused-ring (bicyclic) bond motifs is 1. The lowest BCUT2D eigenvalue weighted by molar-refractivity contribution is 0.127. The molecule has 7 heteroatoms. The highest BCUT2D eigenvalue weighted by Gasteiger charge is 2.37. The predicted octanol–water partition coefficient (Wildman–Crippen LogP) is 2.22. The predicted molar refractivity (Wildman–Crippen MR) is 117 cm³/mol. The summed E-state index contributed by atoms with van der Waals surface area (Å²) in [5.41, 5.74) is 1.38. The van der Waals surface area contributed by atoms with E-state index in [0.29, 0.717) is 19.8 Å². The van der Waals surface area contributed by atoms with Crippen LogP contribution in [0.4, 0.5) is 0 Å². The van der Waals surface area contributed by atoms with Crippen LogP contribution in [0.2, 0.25) is 0 Å². The molecule has 3 N–H and O–H groups in total. The smallest absolute Gasteiger partial charge is 0.191 e. The van der Waals surface area contributed by atoms with Crippen LogP contribution in [-0.2, 0) is 10.2 Å². The van der Waals surface area contributed by atoms with E-state index in [4.69, 9.17) is 14.2 Å². The number of rotatable bonds is 7. The van der Waals surface area contributed by atoms with Gasteiger partial charge in [0.25, 0.3) is 0 Å². The first kappa shape index (κ1) is 21.2. The molecule has 30 heavy (non-hydrogen) atoms. The molecule has 7 nitrogen and oxygen atoms in total. The van der Waals surface area contributed by atoms with Gasteiger partial charge in [0.05, 0.1) is 6.61 Å². The number of ether oxygens (including phenoxy) is 3. The molecular formula is C23H35N3O4. The van der Waals surface area contributed by atoms with Crippen molar-refractivity contribution >= 4 is 5.96 Å². The van der Waals surface area contributed by atoms with E-state index in [2.05, 4.69) is 33.8 Å². The zero-order chi connectivity index (χ0) is 20.9. The first-order valence-corrected chi connectivity index (χ1v) is 11.2. The Balaban J connectivity index is 1.41. The number of nitrogens with one attached hydrogen (secondary N) is 2. The zero-order valence-corrected chi connectivity index (χ0v) is 18.0. The fourth-order valence-corrected chi connectivity index (χ4v) is 5.05. The van der Waals surface area contributed by atoms with Crippen molar-refractivity contribution in [1.82, 2.24) is 10.6 Å². The molecule has 1 atom stereocenters. The minimum absolute atomic E-state index is 0.00670. The van der Waals surface area contributed by atoms with Crippen molar-refractivity contribution in [2.45, 2.75) is 43.9 Å². The van der Waals surface area contributed by atoms with Gasteiger partial charge in [-0.3, -0.25) is 4.99 Å². The molecule has 3 aliphatic rings. The number of hydrogen-bond donors (Lipinski definition) is 3. The summed E-state index contributed by atoms with van der Waals surface area (Å²) in [6.45, 7) is 4.45. The molecule has 2 fully saturated rings. The van der Waals surface area contributed by atoms with E-state index >= 15 is 0 Å². The molecule has 1 aromatic rings. The molecule has 4 rings (SSSR count). The number of aliphatic hydroxyl groups is 1. The maximum absolute atomic E-state index is 9.46. The fraction of sp³-hybridized carbons (Fsp3) is 0.696. The van der Waals surface area contributed by atoms with Crippen LogP contribution in [0.3, 0.4) is 0 Å². The summed E-state index contributed by atoms with van der Waals surface area (Å²) in [6.07, 6.45) is 6.49. The highest BCUT2D eigenvalue weighted by Crippen LogP contribution is 2.43. The number of aliphatic hydroxyl groups excluding tert-OH is 1. The quantitative estimate of drug-likeness (QED) is 0.466. The Kier molecular flexibility index (Phi) is 6.68. The van der Waals surface area contributed by atoms with Crippen molar-refractivity contribution < 1.29 is 19.3 Å². The van der Waals surface area contributed by atoms with E-state index in [-0.39, 0.29) is 17.4 Å². The lowest BCUT2D eigenvalue weighted by Gasteiger charge is -2.33. The summed E-state index contributed by atoms with van der Waals surface area (Å²) in [5, 5.41) is 16.5. The van der Waals surface area contributed by atoms with Crippen LogP contribution in [0, 0.1) is 5.41 Å². The zero-order valence-electron chi connectivity index (χ0n) is 18.0. The van der Waals surface area contributed by atoms with E-state index in [9.17, 15) is 5.11 Å². The van der Waals surface area contributed by atoms with E-state index < -0.39 is 0 Å². The van der Waals surface area contributed by atoms with Crippen molar-refractivity contribution in [3.8, 4) is 11.5 Å². The largest absolute Gasteiger partial charge is 0.486 e. The van der Waals surface area contributed by atoms with Gasteiger partial charge in [-0.2, -0.15) is 0 Å². The summed E-state index contributed by atoms with van der Waals surface area (Å²) >= 11 is 0. The molecule has 0 aromatic heterocycles. The molecule has 1 unspecified atom stereocenters. The Hall–Kier alpha value is -1.99. The maximum Gasteiger partial charge on any atom is 0.191 e. The third-order valence-electron chi connectivity index (χ3n) is 6.99. The van der Waals surface area contributed by atoms with Gasteiger partial charge in [0, 0.05) is 44.2 Å². The Morgan fingerprint density at radius 1 is 1.03 bits per heavy atom. The van der Waals surface area contributed by atoms with E-state index in [1.165, 1.54) is 18.4 Å². The van der Waals surface area contributed by atoms with Gasteiger partial charge < -0.3 is 30.0 Å². The summed E-state index contributed by atoms with van der Waals surface area (Å²) < 4.78 is 17.1. The third kappa shape index (κ3) is 4.52. The second kappa shape index (κ2) is 9.43. The minimum atomic E-state index is -0.00670. The van der Waals surface area contributed by atoms with E-state index in [0.717, 1.165) is 62.8 Å². The molecule has 166 valence electrons. The number of nitrogens with zero attached hydrogens (tertiary/aromatic N) is 1. The number of guanidine groups is 1. The first-order valence-electron chi connectivity index (χ1n) is 11.2. The van der Waals surface area contributed by atoms with Crippen LogP contribution in [-0.4, -0.2) is 64.2 Å². The Morgan fingerprint density at radius 2 is 1.80 bits per heavy atom. The van der Waals surface area contributed by atoms with Gasteiger partial charge in [0.1, 0.15) is 13.2 Å². The lowest BCUT2D eigenvalue weighted by Crippen LogP contribution is -2.48. The standard InChI is InChI=1S/C23H35N3O4/c1-24-21(25-15-22(8-10-27)9-11-28-17-22)26-16-23(6-2-3-7-23)18-4-5-19-20(14-18)30-13-12-29-19/h4-5,14,27H,2-3,6-13,15-17H2,1H3,(H2,24,25,26). The molecule has 1 aliphatic carbocycles. The SMILES string of the molecule is CN=C(NCC1(CCO)CCOC1)NCC1(c2ccc3c(c2)OCCO3)CCCC1. The van der Waals surface area contributed by atoms with Crippen LogP contribution in [0.25, 0.3) is 0 Å². The second-order valence-corrected chi connectivity index (χ2v) is 8.90. The van der Waals surface area contributed by atoms with Gasteiger partial charge in [-0.25, -0.2) is 0 Å².